The molecule has 0 fully saturated rings. The number of hydrogen-bond acceptors (Lipinski definition) is 5. The van der Waals surface area contributed by atoms with Crippen LogP contribution in [0.5, 0.6) is 0 Å². The molecule has 0 saturated heterocycles. The zero-order valence-electron chi connectivity index (χ0n) is 11.9. The second-order valence-corrected chi connectivity index (χ2v) is 5.57. The van der Waals surface area contributed by atoms with Crippen molar-refractivity contribution < 1.29 is 0 Å². The van der Waals surface area contributed by atoms with Crippen molar-refractivity contribution in [2.45, 2.75) is 27.3 Å². The van der Waals surface area contributed by atoms with E-state index in [-0.39, 0.29) is 0 Å². The number of nitrogens with zero attached hydrogens (tertiary/aromatic N) is 3. The fraction of sp³-hybridized carbons (Fsp3) is 0.429. The highest BCUT2D eigenvalue weighted by Crippen LogP contribution is 2.24. The van der Waals surface area contributed by atoms with Crippen molar-refractivity contribution in [3.05, 3.63) is 33.8 Å². The molecule has 4 nitrogen and oxygen atoms in total. The Morgan fingerprint density at radius 2 is 2.11 bits per heavy atom. The van der Waals surface area contributed by atoms with Gasteiger partial charge in [0, 0.05) is 24.0 Å². The van der Waals surface area contributed by atoms with Gasteiger partial charge in [0.05, 0.1) is 6.54 Å². The Labute approximate surface area is 118 Å². The van der Waals surface area contributed by atoms with E-state index < -0.39 is 0 Å². The fourth-order valence-corrected chi connectivity index (χ4v) is 2.79. The highest BCUT2D eigenvalue weighted by atomic mass is 32.1. The van der Waals surface area contributed by atoms with Crippen molar-refractivity contribution in [3.8, 4) is 0 Å². The number of hydrogen-bond donors (Lipinski definition) is 1. The Hall–Kier alpha value is -1.62. The van der Waals surface area contributed by atoms with Gasteiger partial charge < -0.3 is 10.2 Å². The molecule has 0 spiro atoms. The molecule has 2 rings (SSSR count). The van der Waals surface area contributed by atoms with Crippen LogP contribution in [0.2, 0.25) is 0 Å². The zero-order chi connectivity index (χ0) is 13.8. The minimum absolute atomic E-state index is 0.801. The third kappa shape index (κ3) is 3.23. The van der Waals surface area contributed by atoms with E-state index in [0.29, 0.717) is 0 Å². The third-order valence-electron chi connectivity index (χ3n) is 2.91. The van der Waals surface area contributed by atoms with Gasteiger partial charge in [-0.1, -0.05) is 6.07 Å². The lowest BCUT2D eigenvalue weighted by atomic mass is 10.2. The van der Waals surface area contributed by atoms with Crippen LogP contribution in [0.3, 0.4) is 0 Å². The van der Waals surface area contributed by atoms with E-state index in [1.165, 1.54) is 4.88 Å². The quantitative estimate of drug-likeness (QED) is 0.910. The first kappa shape index (κ1) is 13.8. The number of aromatic nitrogens is 2. The summed E-state index contributed by atoms with van der Waals surface area (Å²) in [6, 6.07) is 4.23. The van der Waals surface area contributed by atoms with Crippen molar-refractivity contribution in [1.29, 1.82) is 0 Å². The summed E-state index contributed by atoms with van der Waals surface area (Å²) in [7, 11) is 2.07. The molecular weight excluding hydrogens is 256 g/mol. The van der Waals surface area contributed by atoms with Gasteiger partial charge in [-0.15, -0.1) is 11.3 Å². The molecule has 1 N–H and O–H groups in total. The fourth-order valence-electron chi connectivity index (χ4n) is 2.04. The molecule has 2 heterocycles. The smallest absolute Gasteiger partial charge is 0.137 e. The maximum Gasteiger partial charge on any atom is 0.137 e. The lowest BCUT2D eigenvalue weighted by Crippen LogP contribution is -2.20. The predicted molar refractivity (Wildman–Crippen MR) is 82.1 cm³/mol. The standard InChI is InChI=1S/C14H20N4S/c1-5-15-13-10(2)14(17-11(3)16-13)18(4)9-12-7-6-8-19-12/h6-8H,5,9H2,1-4H3,(H,15,16,17). The van der Waals surface area contributed by atoms with Crippen LogP contribution in [-0.4, -0.2) is 23.6 Å². The summed E-state index contributed by atoms with van der Waals surface area (Å²) in [6.45, 7) is 7.82. The lowest BCUT2D eigenvalue weighted by molar-refractivity contribution is 0.879. The average Bonchev–Trinajstić information content (AvgIpc) is 2.86. The maximum atomic E-state index is 4.58. The molecule has 0 radical (unpaired) electrons. The Balaban J connectivity index is 2.27. The van der Waals surface area contributed by atoms with Gasteiger partial charge in [-0.05, 0) is 32.2 Å². The normalized spacial score (nSPS) is 10.5. The van der Waals surface area contributed by atoms with Gasteiger partial charge in [-0.25, -0.2) is 9.97 Å². The molecule has 0 aliphatic heterocycles. The summed E-state index contributed by atoms with van der Waals surface area (Å²) >= 11 is 1.77. The van der Waals surface area contributed by atoms with Crippen LogP contribution in [0.1, 0.15) is 23.2 Å². The Morgan fingerprint density at radius 1 is 1.32 bits per heavy atom. The molecule has 0 aliphatic carbocycles. The average molecular weight is 276 g/mol. The first-order valence-corrected chi connectivity index (χ1v) is 7.32. The van der Waals surface area contributed by atoms with E-state index in [4.69, 9.17) is 0 Å². The topological polar surface area (TPSA) is 41.1 Å². The molecule has 0 saturated carbocycles. The zero-order valence-corrected chi connectivity index (χ0v) is 12.7. The molecule has 5 heteroatoms. The van der Waals surface area contributed by atoms with Crippen molar-refractivity contribution in [3.63, 3.8) is 0 Å². The molecule has 2 aromatic heterocycles. The molecule has 0 atom stereocenters. The summed E-state index contributed by atoms with van der Waals surface area (Å²) in [6.07, 6.45) is 0. The van der Waals surface area contributed by atoms with Crippen molar-refractivity contribution >= 4 is 23.0 Å². The Bertz CT molecular complexity index is 537. The summed E-state index contributed by atoms with van der Waals surface area (Å²) in [4.78, 5) is 12.5. The molecule has 2 aromatic rings. The van der Waals surface area contributed by atoms with Crippen molar-refractivity contribution in [1.82, 2.24) is 9.97 Å². The summed E-state index contributed by atoms with van der Waals surface area (Å²) < 4.78 is 0. The van der Waals surface area contributed by atoms with Gasteiger partial charge >= 0.3 is 0 Å². The summed E-state index contributed by atoms with van der Waals surface area (Å²) in [5.74, 6) is 2.73. The number of anilines is 2. The number of nitrogens with one attached hydrogen (secondary N) is 1. The minimum atomic E-state index is 0.801. The van der Waals surface area contributed by atoms with Crippen LogP contribution in [0.4, 0.5) is 11.6 Å². The van der Waals surface area contributed by atoms with Crippen LogP contribution >= 0.6 is 11.3 Å². The first-order valence-electron chi connectivity index (χ1n) is 6.44. The van der Waals surface area contributed by atoms with Crippen LogP contribution in [0.25, 0.3) is 0 Å². The van der Waals surface area contributed by atoms with Crippen LogP contribution in [-0.2, 0) is 6.54 Å². The van der Waals surface area contributed by atoms with Crippen LogP contribution in [0.15, 0.2) is 17.5 Å². The number of thiophene rings is 1. The minimum Gasteiger partial charge on any atom is -0.370 e. The highest BCUT2D eigenvalue weighted by Gasteiger charge is 2.13. The summed E-state index contributed by atoms with van der Waals surface area (Å²) in [5, 5.41) is 5.40. The Kier molecular flexibility index (Phi) is 4.37. The van der Waals surface area contributed by atoms with Gasteiger partial charge in [0.2, 0.25) is 0 Å². The van der Waals surface area contributed by atoms with Gasteiger partial charge in [0.1, 0.15) is 17.5 Å². The number of rotatable bonds is 5. The molecule has 0 aromatic carbocycles. The summed E-state index contributed by atoms with van der Waals surface area (Å²) in [5.41, 5.74) is 1.10. The second-order valence-electron chi connectivity index (χ2n) is 4.53. The van der Waals surface area contributed by atoms with E-state index in [1.807, 2.05) is 6.92 Å². The van der Waals surface area contributed by atoms with E-state index >= 15 is 0 Å². The van der Waals surface area contributed by atoms with Crippen molar-refractivity contribution in [2.24, 2.45) is 0 Å². The first-order chi connectivity index (χ1) is 9.11. The largest absolute Gasteiger partial charge is 0.370 e. The van der Waals surface area contributed by atoms with E-state index in [9.17, 15) is 0 Å². The van der Waals surface area contributed by atoms with Gasteiger partial charge in [0.15, 0.2) is 0 Å². The van der Waals surface area contributed by atoms with E-state index in [2.05, 4.69) is 58.6 Å². The van der Waals surface area contributed by atoms with Crippen LogP contribution in [0, 0.1) is 13.8 Å². The highest BCUT2D eigenvalue weighted by molar-refractivity contribution is 7.09. The van der Waals surface area contributed by atoms with E-state index in [1.54, 1.807) is 11.3 Å². The molecule has 102 valence electrons. The Morgan fingerprint density at radius 3 is 2.74 bits per heavy atom. The molecule has 0 unspecified atom stereocenters. The van der Waals surface area contributed by atoms with Crippen LogP contribution < -0.4 is 10.2 Å². The molecular formula is C14H20N4S. The predicted octanol–water partition coefficient (Wildman–Crippen LogP) is 3.22. The third-order valence-corrected chi connectivity index (χ3v) is 3.77. The monoisotopic (exact) mass is 276 g/mol. The maximum absolute atomic E-state index is 4.58. The van der Waals surface area contributed by atoms with Crippen molar-refractivity contribution in [2.75, 3.05) is 23.8 Å². The lowest BCUT2D eigenvalue weighted by Gasteiger charge is -2.21. The molecule has 0 aliphatic rings. The number of aryl methyl sites for hydroxylation is 1. The molecule has 0 amide bonds. The second kappa shape index (κ2) is 6.02. The molecule has 19 heavy (non-hydrogen) atoms. The van der Waals surface area contributed by atoms with Gasteiger partial charge in [-0.3, -0.25) is 0 Å². The van der Waals surface area contributed by atoms with Gasteiger partial charge in [0.25, 0.3) is 0 Å². The van der Waals surface area contributed by atoms with Gasteiger partial charge in [-0.2, -0.15) is 0 Å². The van der Waals surface area contributed by atoms with E-state index in [0.717, 1.165) is 36.1 Å². The SMILES string of the molecule is CCNc1nc(C)nc(N(C)Cc2cccs2)c1C. The molecule has 0 bridgehead atoms.